The van der Waals surface area contributed by atoms with Crippen LogP contribution in [0.5, 0.6) is 0 Å². The number of H-pyrrole nitrogens is 2. The smallest absolute Gasteiger partial charge is 0.417 e. The summed E-state index contributed by atoms with van der Waals surface area (Å²) in [6.07, 6.45) is -0.173. The molecule has 3 aromatic rings. The van der Waals surface area contributed by atoms with Gasteiger partial charge in [0.1, 0.15) is 0 Å². The molecule has 0 bridgehead atoms. The lowest BCUT2D eigenvalue weighted by atomic mass is 10.1. The molecule has 20 heavy (non-hydrogen) atoms. The van der Waals surface area contributed by atoms with Gasteiger partial charge in [-0.3, -0.25) is 9.78 Å². The summed E-state index contributed by atoms with van der Waals surface area (Å²) in [7, 11) is 0. The molecule has 3 N–H and O–H groups in total. The molecule has 0 amide bonds. The molecule has 0 saturated carbocycles. The molecule has 8 heteroatoms. The van der Waals surface area contributed by atoms with Crippen molar-refractivity contribution in [3.63, 3.8) is 0 Å². The van der Waals surface area contributed by atoms with Gasteiger partial charge in [0.2, 0.25) is 0 Å². The fourth-order valence-corrected chi connectivity index (χ4v) is 2.41. The average Bonchev–Trinajstić information content (AvgIpc) is 2.89. The van der Waals surface area contributed by atoms with Gasteiger partial charge in [-0.25, -0.2) is 9.78 Å². The van der Waals surface area contributed by atoms with Gasteiger partial charge in [-0.15, -0.1) is 0 Å². The van der Waals surface area contributed by atoms with E-state index in [9.17, 15) is 9.59 Å². The zero-order valence-electron chi connectivity index (χ0n) is 9.94. The van der Waals surface area contributed by atoms with Crippen LogP contribution in [0.25, 0.3) is 22.4 Å². The second-order valence-corrected chi connectivity index (χ2v) is 4.90. The highest BCUT2D eigenvalue weighted by Gasteiger charge is 2.15. The summed E-state index contributed by atoms with van der Waals surface area (Å²) in [5.74, 6) is -1.49. The molecule has 0 unspecified atom stereocenters. The number of nitrogens with one attached hydrogen (secondary N) is 2. The third-order valence-corrected chi connectivity index (χ3v) is 3.15. The minimum atomic E-state index is -0.958. The first kappa shape index (κ1) is 12.7. The van der Waals surface area contributed by atoms with Crippen LogP contribution in [0.1, 0.15) is 5.69 Å². The molecule has 3 rings (SSSR count). The molecule has 0 saturated heterocycles. The van der Waals surface area contributed by atoms with E-state index >= 15 is 0 Å². The maximum atomic E-state index is 11.1. The molecular weight excluding hydrogens is 330 g/mol. The zero-order valence-corrected chi connectivity index (χ0v) is 11.5. The average molecular weight is 338 g/mol. The monoisotopic (exact) mass is 337 g/mol. The number of aliphatic carboxylic acids is 1. The van der Waals surface area contributed by atoms with Crippen LogP contribution < -0.4 is 5.76 Å². The fraction of sp³-hybridized carbons (Fsp3) is 0.0833. The Morgan fingerprint density at radius 1 is 1.40 bits per heavy atom. The van der Waals surface area contributed by atoms with Gasteiger partial charge >= 0.3 is 11.7 Å². The van der Waals surface area contributed by atoms with E-state index in [1.807, 2.05) is 0 Å². The first-order valence-electron chi connectivity index (χ1n) is 5.62. The van der Waals surface area contributed by atoms with Crippen LogP contribution in [-0.2, 0) is 11.2 Å². The number of carboxylic acids is 1. The topological polar surface area (TPSA) is 112 Å². The highest BCUT2D eigenvalue weighted by molar-refractivity contribution is 9.10. The first-order valence-corrected chi connectivity index (χ1v) is 6.41. The van der Waals surface area contributed by atoms with Gasteiger partial charge < -0.3 is 14.5 Å². The minimum Gasteiger partial charge on any atom is -0.481 e. The number of imidazole rings is 1. The van der Waals surface area contributed by atoms with Crippen molar-refractivity contribution in [1.29, 1.82) is 0 Å². The van der Waals surface area contributed by atoms with E-state index in [0.717, 1.165) is 0 Å². The lowest BCUT2D eigenvalue weighted by Crippen LogP contribution is -2.01. The van der Waals surface area contributed by atoms with Crippen LogP contribution >= 0.6 is 15.9 Å². The molecule has 102 valence electrons. The first-order chi connectivity index (χ1) is 9.52. The molecule has 0 spiro atoms. The Balaban J connectivity index is 2.14. The van der Waals surface area contributed by atoms with Gasteiger partial charge in [-0.1, -0.05) is 0 Å². The largest absolute Gasteiger partial charge is 0.481 e. The van der Waals surface area contributed by atoms with Crippen molar-refractivity contribution in [2.75, 3.05) is 0 Å². The normalized spacial score (nSPS) is 11.1. The summed E-state index contributed by atoms with van der Waals surface area (Å²) in [6, 6.07) is 5.04. The van der Waals surface area contributed by atoms with Crippen molar-refractivity contribution in [3.8, 4) is 11.3 Å². The summed E-state index contributed by atoms with van der Waals surface area (Å²) in [5.41, 5.74) is 2.66. The van der Waals surface area contributed by atoms with Crippen molar-refractivity contribution >= 4 is 33.0 Å². The fourth-order valence-electron chi connectivity index (χ4n) is 1.99. The zero-order chi connectivity index (χ0) is 14.3. The summed E-state index contributed by atoms with van der Waals surface area (Å²) < 4.78 is 5.36. The molecule has 0 aliphatic heterocycles. The second-order valence-electron chi connectivity index (χ2n) is 4.15. The molecule has 0 aliphatic rings. The van der Waals surface area contributed by atoms with Crippen molar-refractivity contribution in [2.45, 2.75) is 6.42 Å². The summed E-state index contributed by atoms with van der Waals surface area (Å²) in [5, 5.41) is 8.90. The molecule has 0 atom stereocenters. The van der Waals surface area contributed by atoms with Crippen LogP contribution in [-0.4, -0.2) is 26.0 Å². The van der Waals surface area contributed by atoms with Crippen LogP contribution in [0.3, 0.4) is 0 Å². The van der Waals surface area contributed by atoms with E-state index in [0.29, 0.717) is 32.8 Å². The molecule has 0 fully saturated rings. The Morgan fingerprint density at radius 2 is 2.20 bits per heavy atom. The van der Waals surface area contributed by atoms with Crippen LogP contribution in [0.4, 0.5) is 0 Å². The number of rotatable bonds is 3. The quantitative estimate of drug-likeness (QED) is 0.675. The molecule has 2 aromatic heterocycles. The van der Waals surface area contributed by atoms with Crippen molar-refractivity contribution in [3.05, 3.63) is 39.2 Å². The predicted octanol–water partition coefficient (Wildman–Crippen LogP) is 1.90. The van der Waals surface area contributed by atoms with Gasteiger partial charge in [0.15, 0.2) is 10.3 Å². The highest BCUT2D eigenvalue weighted by atomic mass is 79.9. The SMILES string of the molecule is O=C(O)Cc1[nH]c(Br)nc1-c1ccc2oc(=O)[nH]c2c1. The summed E-state index contributed by atoms with van der Waals surface area (Å²) in [6.45, 7) is 0. The number of hydrogen-bond acceptors (Lipinski definition) is 4. The van der Waals surface area contributed by atoms with Gasteiger partial charge in [0, 0.05) is 5.56 Å². The Bertz CT molecular complexity index is 861. The number of carboxylic acid groups (broad SMARTS) is 1. The third kappa shape index (κ3) is 2.25. The molecule has 7 nitrogen and oxygen atoms in total. The van der Waals surface area contributed by atoms with Crippen molar-refractivity contribution < 1.29 is 14.3 Å². The van der Waals surface area contributed by atoms with E-state index in [2.05, 4.69) is 30.9 Å². The number of carbonyl (C=O) groups is 1. The summed E-state index contributed by atoms with van der Waals surface area (Å²) in [4.78, 5) is 31.6. The molecule has 0 aliphatic carbocycles. The van der Waals surface area contributed by atoms with Gasteiger partial charge in [0.05, 0.1) is 23.3 Å². The Kier molecular flexibility index (Phi) is 2.94. The Labute approximate surface area is 119 Å². The van der Waals surface area contributed by atoms with E-state index in [-0.39, 0.29) is 6.42 Å². The maximum absolute atomic E-state index is 11.1. The van der Waals surface area contributed by atoms with E-state index in [1.54, 1.807) is 18.2 Å². The number of aromatic nitrogens is 3. The van der Waals surface area contributed by atoms with Crippen LogP contribution in [0.2, 0.25) is 0 Å². The molecule has 1 aromatic carbocycles. The number of nitrogens with zero attached hydrogens (tertiary/aromatic N) is 1. The Morgan fingerprint density at radius 3 is 2.95 bits per heavy atom. The minimum absolute atomic E-state index is 0.173. The van der Waals surface area contributed by atoms with E-state index < -0.39 is 11.7 Å². The third-order valence-electron chi connectivity index (χ3n) is 2.77. The maximum Gasteiger partial charge on any atom is 0.417 e. The number of halogens is 1. The molecule has 0 radical (unpaired) electrons. The van der Waals surface area contributed by atoms with E-state index in [4.69, 9.17) is 9.52 Å². The summed E-state index contributed by atoms with van der Waals surface area (Å²) >= 11 is 3.19. The van der Waals surface area contributed by atoms with Gasteiger partial charge in [-0.2, -0.15) is 0 Å². The number of benzene rings is 1. The van der Waals surface area contributed by atoms with Crippen molar-refractivity contribution in [2.24, 2.45) is 0 Å². The number of oxazole rings is 1. The molecule has 2 heterocycles. The number of aromatic amines is 2. The Hall–Kier alpha value is -2.35. The van der Waals surface area contributed by atoms with Gasteiger partial charge in [0.25, 0.3) is 0 Å². The van der Waals surface area contributed by atoms with E-state index in [1.165, 1.54) is 0 Å². The number of hydrogen-bond donors (Lipinski definition) is 3. The lowest BCUT2D eigenvalue weighted by Gasteiger charge is -2.00. The van der Waals surface area contributed by atoms with Crippen LogP contribution in [0, 0.1) is 0 Å². The van der Waals surface area contributed by atoms with Gasteiger partial charge in [-0.05, 0) is 34.1 Å². The standard InChI is InChI=1S/C12H8BrN3O4/c13-11-14-7(4-9(17)18)10(16-11)5-1-2-8-6(3-5)15-12(19)20-8/h1-3H,4H2,(H,14,16)(H,15,19)(H,17,18). The van der Waals surface area contributed by atoms with Crippen molar-refractivity contribution in [1.82, 2.24) is 15.0 Å². The predicted molar refractivity (Wildman–Crippen MR) is 73.5 cm³/mol. The van der Waals surface area contributed by atoms with Crippen LogP contribution in [0.15, 0.2) is 32.1 Å². The lowest BCUT2D eigenvalue weighted by molar-refractivity contribution is -0.136. The molecular formula is C12H8BrN3O4. The highest BCUT2D eigenvalue weighted by Crippen LogP contribution is 2.26. The number of fused-ring (bicyclic) bond motifs is 1. The second kappa shape index (κ2) is 4.64.